The maximum absolute atomic E-state index is 5.82. The summed E-state index contributed by atoms with van der Waals surface area (Å²) >= 11 is 7.56. The predicted molar refractivity (Wildman–Crippen MR) is 59.7 cm³/mol. The zero-order valence-electron chi connectivity index (χ0n) is 7.42. The van der Waals surface area contributed by atoms with E-state index >= 15 is 0 Å². The molecule has 0 atom stereocenters. The highest BCUT2D eigenvalue weighted by molar-refractivity contribution is 7.98. The molecule has 0 heterocycles. The quantitative estimate of drug-likeness (QED) is 0.622. The van der Waals surface area contributed by atoms with Gasteiger partial charge in [-0.25, -0.2) is 0 Å². The number of benzene rings is 1. The summed E-state index contributed by atoms with van der Waals surface area (Å²) in [6.07, 6.45) is 2.04. The largest absolute Gasteiger partial charge is 0.493 e. The predicted octanol–water partition coefficient (Wildman–Crippen LogP) is 2.66. The van der Waals surface area contributed by atoms with Crippen molar-refractivity contribution in [1.82, 2.24) is 0 Å². The van der Waals surface area contributed by atoms with Crippen molar-refractivity contribution in [2.75, 3.05) is 24.3 Å². The minimum absolute atomic E-state index is 0.543. The Labute approximate surface area is 87.4 Å². The van der Waals surface area contributed by atoms with Gasteiger partial charge in [0, 0.05) is 11.8 Å². The standard InChI is InChI=1S/C9H12ClNOS/c1-13-5-4-12-7-2-3-9(11)8(10)6-7/h2-3,6H,4-5,11H2,1H3. The van der Waals surface area contributed by atoms with Gasteiger partial charge in [-0.3, -0.25) is 0 Å². The van der Waals surface area contributed by atoms with Gasteiger partial charge in [0.2, 0.25) is 0 Å². The highest BCUT2D eigenvalue weighted by atomic mass is 35.5. The Bertz CT molecular complexity index is 280. The van der Waals surface area contributed by atoms with E-state index in [4.69, 9.17) is 22.1 Å². The molecule has 4 heteroatoms. The van der Waals surface area contributed by atoms with Gasteiger partial charge in [0.25, 0.3) is 0 Å². The van der Waals surface area contributed by atoms with Crippen LogP contribution in [0.4, 0.5) is 5.69 Å². The van der Waals surface area contributed by atoms with Gasteiger partial charge in [0.05, 0.1) is 17.3 Å². The van der Waals surface area contributed by atoms with Crippen LogP contribution in [0.2, 0.25) is 5.02 Å². The number of nitrogen functional groups attached to an aromatic ring is 1. The first-order valence-corrected chi connectivity index (χ1v) is 5.68. The molecule has 1 rings (SSSR count). The molecule has 0 fully saturated rings. The van der Waals surface area contributed by atoms with Gasteiger partial charge in [-0.15, -0.1) is 0 Å². The lowest BCUT2D eigenvalue weighted by Gasteiger charge is -2.06. The smallest absolute Gasteiger partial charge is 0.120 e. The van der Waals surface area contributed by atoms with Crippen LogP contribution < -0.4 is 10.5 Å². The fourth-order valence-electron chi connectivity index (χ4n) is 0.840. The Balaban J connectivity index is 2.53. The summed E-state index contributed by atoms with van der Waals surface area (Å²) in [6, 6.07) is 5.30. The van der Waals surface area contributed by atoms with E-state index in [1.807, 2.05) is 12.3 Å². The molecular formula is C9H12ClNOS. The van der Waals surface area contributed by atoms with Gasteiger partial charge < -0.3 is 10.5 Å². The molecule has 72 valence electrons. The van der Waals surface area contributed by atoms with Crippen molar-refractivity contribution in [2.45, 2.75) is 0 Å². The van der Waals surface area contributed by atoms with E-state index < -0.39 is 0 Å². The van der Waals surface area contributed by atoms with E-state index in [-0.39, 0.29) is 0 Å². The molecule has 2 nitrogen and oxygen atoms in total. The van der Waals surface area contributed by atoms with Crippen LogP contribution in [0.3, 0.4) is 0 Å². The molecule has 0 unspecified atom stereocenters. The van der Waals surface area contributed by atoms with Gasteiger partial charge in [-0.2, -0.15) is 11.8 Å². The third-order valence-electron chi connectivity index (χ3n) is 1.53. The lowest BCUT2D eigenvalue weighted by atomic mass is 10.3. The van der Waals surface area contributed by atoms with Crippen molar-refractivity contribution in [3.8, 4) is 5.75 Å². The topological polar surface area (TPSA) is 35.2 Å². The number of ether oxygens (including phenoxy) is 1. The van der Waals surface area contributed by atoms with Crippen molar-refractivity contribution in [3.63, 3.8) is 0 Å². The molecule has 13 heavy (non-hydrogen) atoms. The normalized spacial score (nSPS) is 10.0. The van der Waals surface area contributed by atoms with Crippen molar-refractivity contribution in [3.05, 3.63) is 23.2 Å². The van der Waals surface area contributed by atoms with E-state index in [1.54, 1.807) is 23.9 Å². The average Bonchev–Trinajstić information content (AvgIpc) is 2.12. The molecular weight excluding hydrogens is 206 g/mol. The van der Waals surface area contributed by atoms with Gasteiger partial charge in [0.1, 0.15) is 5.75 Å². The van der Waals surface area contributed by atoms with Crippen LogP contribution in [0.1, 0.15) is 0 Å². The molecule has 0 bridgehead atoms. The molecule has 0 amide bonds. The summed E-state index contributed by atoms with van der Waals surface area (Å²) < 4.78 is 5.42. The molecule has 1 aromatic carbocycles. The maximum atomic E-state index is 5.82. The van der Waals surface area contributed by atoms with Crippen LogP contribution in [0.25, 0.3) is 0 Å². The summed E-state index contributed by atoms with van der Waals surface area (Å²) in [6.45, 7) is 0.696. The number of rotatable bonds is 4. The zero-order chi connectivity index (χ0) is 9.68. The Kier molecular flexibility index (Phi) is 4.25. The van der Waals surface area contributed by atoms with Crippen LogP contribution in [-0.2, 0) is 0 Å². The third-order valence-corrected chi connectivity index (χ3v) is 2.43. The second kappa shape index (κ2) is 5.25. The van der Waals surface area contributed by atoms with E-state index in [0.29, 0.717) is 17.3 Å². The number of thioether (sulfide) groups is 1. The summed E-state index contributed by atoms with van der Waals surface area (Å²) in [5.41, 5.74) is 6.13. The van der Waals surface area contributed by atoms with E-state index in [2.05, 4.69) is 0 Å². The van der Waals surface area contributed by atoms with Crippen LogP contribution in [-0.4, -0.2) is 18.6 Å². The number of nitrogens with two attached hydrogens (primary N) is 1. The van der Waals surface area contributed by atoms with Gasteiger partial charge in [0.15, 0.2) is 0 Å². The molecule has 0 aliphatic heterocycles. The Hall–Kier alpha value is -0.540. The monoisotopic (exact) mass is 217 g/mol. The lowest BCUT2D eigenvalue weighted by molar-refractivity contribution is 0.344. The number of hydrogen-bond donors (Lipinski definition) is 1. The SMILES string of the molecule is CSCCOc1ccc(N)c(Cl)c1. The molecule has 0 saturated carbocycles. The minimum Gasteiger partial charge on any atom is -0.493 e. The zero-order valence-corrected chi connectivity index (χ0v) is 8.99. The first-order valence-electron chi connectivity index (χ1n) is 3.91. The Morgan fingerprint density at radius 3 is 2.92 bits per heavy atom. The number of anilines is 1. The summed E-state index contributed by atoms with van der Waals surface area (Å²) in [4.78, 5) is 0. The van der Waals surface area contributed by atoms with Gasteiger partial charge in [-0.05, 0) is 18.4 Å². The first-order chi connectivity index (χ1) is 6.24. The van der Waals surface area contributed by atoms with Crippen molar-refractivity contribution >= 4 is 29.1 Å². The Morgan fingerprint density at radius 2 is 2.31 bits per heavy atom. The molecule has 0 aliphatic carbocycles. The minimum atomic E-state index is 0.543. The summed E-state index contributed by atoms with van der Waals surface area (Å²) in [5.74, 6) is 1.75. The van der Waals surface area contributed by atoms with Gasteiger partial charge >= 0.3 is 0 Å². The average molecular weight is 218 g/mol. The van der Waals surface area contributed by atoms with Crippen LogP contribution in [0.5, 0.6) is 5.75 Å². The highest BCUT2D eigenvalue weighted by Gasteiger charge is 1.98. The van der Waals surface area contributed by atoms with Crippen LogP contribution >= 0.6 is 23.4 Å². The summed E-state index contributed by atoms with van der Waals surface area (Å²) in [7, 11) is 0. The molecule has 1 aromatic rings. The molecule has 0 aliphatic rings. The Morgan fingerprint density at radius 1 is 1.54 bits per heavy atom. The van der Waals surface area contributed by atoms with Crippen LogP contribution in [0.15, 0.2) is 18.2 Å². The molecule has 0 radical (unpaired) electrons. The fraction of sp³-hybridized carbons (Fsp3) is 0.333. The van der Waals surface area contributed by atoms with E-state index in [0.717, 1.165) is 11.5 Å². The van der Waals surface area contributed by atoms with Crippen molar-refractivity contribution in [2.24, 2.45) is 0 Å². The number of hydrogen-bond acceptors (Lipinski definition) is 3. The summed E-state index contributed by atoms with van der Waals surface area (Å²) in [5, 5.41) is 0.543. The van der Waals surface area contributed by atoms with Crippen LogP contribution in [0, 0.1) is 0 Å². The van der Waals surface area contributed by atoms with E-state index in [1.165, 1.54) is 0 Å². The lowest BCUT2D eigenvalue weighted by Crippen LogP contribution is -1.99. The number of halogens is 1. The fourth-order valence-corrected chi connectivity index (χ4v) is 1.26. The third kappa shape index (κ3) is 3.36. The van der Waals surface area contributed by atoms with Crippen molar-refractivity contribution < 1.29 is 4.74 Å². The van der Waals surface area contributed by atoms with E-state index in [9.17, 15) is 0 Å². The molecule has 2 N–H and O–H groups in total. The molecule has 0 spiro atoms. The maximum Gasteiger partial charge on any atom is 0.120 e. The highest BCUT2D eigenvalue weighted by Crippen LogP contribution is 2.23. The molecule has 0 saturated heterocycles. The molecule has 0 aromatic heterocycles. The second-order valence-corrected chi connectivity index (χ2v) is 3.92. The van der Waals surface area contributed by atoms with Crippen molar-refractivity contribution in [1.29, 1.82) is 0 Å². The van der Waals surface area contributed by atoms with Gasteiger partial charge in [-0.1, -0.05) is 11.6 Å². The second-order valence-electron chi connectivity index (χ2n) is 2.52. The first kappa shape index (κ1) is 10.5.